The molecule has 1 fully saturated rings. The first-order valence-corrected chi connectivity index (χ1v) is 10.6. The minimum atomic E-state index is -0.257. The molecule has 0 amide bonds. The topological polar surface area (TPSA) is 60.4 Å². The number of carbonyl (C=O) groups is 3. The molecule has 1 saturated carbocycles. The predicted molar refractivity (Wildman–Crippen MR) is 118 cm³/mol. The summed E-state index contributed by atoms with van der Waals surface area (Å²) in [4.78, 5) is 36.5. The Labute approximate surface area is 178 Å². The van der Waals surface area contributed by atoms with Crippen LogP contribution in [0.3, 0.4) is 0 Å². The SMILES string of the molecule is C=C1CCC(OC(=O)C(C)=CC)C(C)(C)C1CCc1ccc2c(c1)C(=O)C=CC2=O. The number of ketones is 2. The molecular formula is C26H30O4. The largest absolute Gasteiger partial charge is 0.458 e. The van der Waals surface area contributed by atoms with Crippen molar-refractivity contribution >= 4 is 17.5 Å². The second-order valence-corrected chi connectivity index (χ2v) is 8.92. The number of benzene rings is 1. The molecule has 4 nitrogen and oxygen atoms in total. The number of allylic oxidation sites excluding steroid dienone is 4. The second-order valence-electron chi connectivity index (χ2n) is 8.92. The molecule has 30 heavy (non-hydrogen) atoms. The molecule has 0 aliphatic heterocycles. The Balaban J connectivity index is 1.75. The van der Waals surface area contributed by atoms with E-state index >= 15 is 0 Å². The highest BCUT2D eigenvalue weighted by Crippen LogP contribution is 2.47. The molecule has 2 atom stereocenters. The molecule has 2 unspecified atom stereocenters. The molecule has 0 heterocycles. The number of hydrogen-bond acceptors (Lipinski definition) is 4. The summed E-state index contributed by atoms with van der Waals surface area (Å²) in [7, 11) is 0. The van der Waals surface area contributed by atoms with Crippen LogP contribution < -0.4 is 0 Å². The summed E-state index contributed by atoms with van der Waals surface area (Å²) in [6.07, 6.45) is 7.51. The Hall–Kier alpha value is -2.75. The van der Waals surface area contributed by atoms with Crippen LogP contribution in [0, 0.1) is 11.3 Å². The zero-order valence-corrected chi connectivity index (χ0v) is 18.3. The van der Waals surface area contributed by atoms with E-state index in [0.29, 0.717) is 16.7 Å². The van der Waals surface area contributed by atoms with E-state index in [1.807, 2.05) is 19.1 Å². The van der Waals surface area contributed by atoms with Crippen molar-refractivity contribution in [2.45, 2.75) is 59.5 Å². The number of aryl methyl sites for hydroxylation is 1. The molecule has 2 aliphatic rings. The van der Waals surface area contributed by atoms with Crippen LogP contribution in [0.5, 0.6) is 0 Å². The molecule has 0 bridgehead atoms. The van der Waals surface area contributed by atoms with E-state index in [1.54, 1.807) is 19.1 Å². The molecule has 0 saturated heterocycles. The lowest BCUT2D eigenvalue weighted by molar-refractivity contribution is -0.154. The molecule has 3 rings (SSSR count). The summed E-state index contributed by atoms with van der Waals surface area (Å²) < 4.78 is 5.85. The zero-order chi connectivity index (χ0) is 22.1. The maximum Gasteiger partial charge on any atom is 0.333 e. The molecule has 0 spiro atoms. The maximum atomic E-state index is 12.3. The molecule has 1 aromatic rings. The quantitative estimate of drug-likeness (QED) is 0.372. The van der Waals surface area contributed by atoms with Gasteiger partial charge in [-0.3, -0.25) is 9.59 Å². The highest BCUT2D eigenvalue weighted by atomic mass is 16.5. The smallest absolute Gasteiger partial charge is 0.333 e. The third-order valence-electron chi connectivity index (χ3n) is 6.68. The molecule has 0 aromatic heterocycles. The Morgan fingerprint density at radius 1 is 1.20 bits per heavy atom. The van der Waals surface area contributed by atoms with Gasteiger partial charge in [0.1, 0.15) is 6.10 Å². The lowest BCUT2D eigenvalue weighted by Gasteiger charge is -2.45. The van der Waals surface area contributed by atoms with E-state index in [9.17, 15) is 14.4 Å². The molecule has 2 aliphatic carbocycles. The number of ether oxygens (including phenoxy) is 1. The zero-order valence-electron chi connectivity index (χ0n) is 18.3. The van der Waals surface area contributed by atoms with E-state index in [2.05, 4.69) is 20.4 Å². The van der Waals surface area contributed by atoms with Crippen LogP contribution in [0.25, 0.3) is 0 Å². The summed E-state index contributed by atoms with van der Waals surface area (Å²) in [6.45, 7) is 12.2. The van der Waals surface area contributed by atoms with Crippen LogP contribution in [-0.4, -0.2) is 23.6 Å². The van der Waals surface area contributed by atoms with Gasteiger partial charge < -0.3 is 4.74 Å². The average molecular weight is 407 g/mol. The Morgan fingerprint density at radius 3 is 2.53 bits per heavy atom. The third-order valence-corrected chi connectivity index (χ3v) is 6.68. The van der Waals surface area contributed by atoms with Gasteiger partial charge in [0.25, 0.3) is 0 Å². The number of fused-ring (bicyclic) bond motifs is 1. The lowest BCUT2D eigenvalue weighted by Crippen LogP contribution is -2.44. The first-order valence-electron chi connectivity index (χ1n) is 10.6. The minimum absolute atomic E-state index is 0.125. The molecule has 158 valence electrons. The van der Waals surface area contributed by atoms with Gasteiger partial charge in [-0.1, -0.05) is 44.2 Å². The maximum absolute atomic E-state index is 12.3. The van der Waals surface area contributed by atoms with Gasteiger partial charge in [0.15, 0.2) is 11.6 Å². The average Bonchev–Trinajstić information content (AvgIpc) is 2.72. The van der Waals surface area contributed by atoms with Gasteiger partial charge in [-0.25, -0.2) is 4.79 Å². The second kappa shape index (κ2) is 8.55. The fraction of sp³-hybridized carbons (Fsp3) is 0.423. The van der Waals surface area contributed by atoms with Crippen molar-refractivity contribution in [3.63, 3.8) is 0 Å². The summed E-state index contributed by atoms with van der Waals surface area (Å²) in [6, 6.07) is 5.51. The number of hydrogen-bond donors (Lipinski definition) is 0. The van der Waals surface area contributed by atoms with Crippen LogP contribution in [0.15, 0.2) is 54.2 Å². The highest BCUT2D eigenvalue weighted by Gasteiger charge is 2.44. The molecular weight excluding hydrogens is 376 g/mol. The van der Waals surface area contributed by atoms with Crippen molar-refractivity contribution in [1.29, 1.82) is 0 Å². The number of rotatable bonds is 5. The summed E-state index contributed by atoms with van der Waals surface area (Å²) in [5.74, 6) is -0.310. The summed E-state index contributed by atoms with van der Waals surface area (Å²) in [5, 5.41) is 0. The van der Waals surface area contributed by atoms with Gasteiger partial charge in [-0.15, -0.1) is 0 Å². The van der Waals surface area contributed by atoms with Crippen LogP contribution in [-0.2, 0) is 16.0 Å². The molecule has 0 radical (unpaired) electrons. The Bertz CT molecular complexity index is 961. The molecule has 1 aromatic carbocycles. The van der Waals surface area contributed by atoms with Crippen molar-refractivity contribution in [3.05, 3.63) is 70.8 Å². The van der Waals surface area contributed by atoms with Crippen molar-refractivity contribution in [2.75, 3.05) is 0 Å². The van der Waals surface area contributed by atoms with Crippen LogP contribution in [0.4, 0.5) is 0 Å². The lowest BCUT2D eigenvalue weighted by atomic mass is 9.63. The van der Waals surface area contributed by atoms with Gasteiger partial charge in [0.05, 0.1) is 0 Å². The minimum Gasteiger partial charge on any atom is -0.458 e. The van der Waals surface area contributed by atoms with E-state index in [1.165, 1.54) is 17.7 Å². The first-order chi connectivity index (χ1) is 14.1. The Kier molecular flexibility index (Phi) is 6.25. The van der Waals surface area contributed by atoms with Crippen molar-refractivity contribution in [3.8, 4) is 0 Å². The standard InChI is InChI=1S/C26H30O4/c1-6-16(2)25(29)30-24-14-7-17(3)21(26(24,4)5)11-9-18-8-10-19-20(15-18)23(28)13-12-22(19)27/h6,8,10,12-13,15,21,24H,3,7,9,11,14H2,1-2,4-5H3. The van der Waals surface area contributed by atoms with Crippen LogP contribution >= 0.6 is 0 Å². The van der Waals surface area contributed by atoms with Crippen LogP contribution in [0.1, 0.15) is 73.2 Å². The predicted octanol–water partition coefficient (Wildman–Crippen LogP) is 5.42. The van der Waals surface area contributed by atoms with Gasteiger partial charge in [0, 0.05) is 22.1 Å². The van der Waals surface area contributed by atoms with Gasteiger partial charge in [-0.05, 0) is 69.2 Å². The van der Waals surface area contributed by atoms with Crippen LogP contribution in [0.2, 0.25) is 0 Å². The summed E-state index contributed by atoms with van der Waals surface area (Å²) >= 11 is 0. The fourth-order valence-corrected chi connectivity index (χ4v) is 4.55. The third kappa shape index (κ3) is 4.23. The van der Waals surface area contributed by atoms with E-state index in [4.69, 9.17) is 4.74 Å². The normalized spacial score (nSPS) is 23.3. The number of esters is 1. The fourth-order valence-electron chi connectivity index (χ4n) is 4.55. The van der Waals surface area contributed by atoms with E-state index in [-0.39, 0.29) is 35.0 Å². The van der Waals surface area contributed by atoms with E-state index in [0.717, 1.165) is 31.2 Å². The van der Waals surface area contributed by atoms with Crippen molar-refractivity contribution in [2.24, 2.45) is 11.3 Å². The summed E-state index contributed by atoms with van der Waals surface area (Å²) in [5.41, 5.74) is 3.55. The monoisotopic (exact) mass is 406 g/mol. The number of carbonyl (C=O) groups excluding carboxylic acids is 3. The van der Waals surface area contributed by atoms with Gasteiger partial charge >= 0.3 is 5.97 Å². The Morgan fingerprint density at radius 2 is 1.87 bits per heavy atom. The van der Waals surface area contributed by atoms with Gasteiger partial charge in [-0.2, -0.15) is 0 Å². The highest BCUT2D eigenvalue weighted by molar-refractivity contribution is 6.22. The van der Waals surface area contributed by atoms with E-state index < -0.39 is 0 Å². The van der Waals surface area contributed by atoms with Crippen molar-refractivity contribution in [1.82, 2.24) is 0 Å². The first kappa shape index (κ1) is 21.9. The molecule has 0 N–H and O–H groups in total. The van der Waals surface area contributed by atoms with Gasteiger partial charge in [0.2, 0.25) is 0 Å². The van der Waals surface area contributed by atoms with Crippen molar-refractivity contribution < 1.29 is 19.1 Å². The molecule has 4 heteroatoms.